The van der Waals surface area contributed by atoms with Crippen LogP contribution in [0.25, 0.3) is 10.8 Å². The number of ether oxygens (including phenoxy) is 3. The molecular weight excluding hydrogens is 568 g/mol. The monoisotopic (exact) mass is 602 g/mol. The standard InChI is InChI=1S/C30H34O9S2/c1-15-10-17-12-19(37-2)13-21-23(17)25(33)22(15)20(31)8-9-40-41-14-18(11-16-6-4-3-5-7-16)24(32)29-27(35)26(34)28(36)30(38-21)39-29/h3-7,10,12-13,18,24,26-30,32-36H,8-9,11,14H2,1-2H3. The molecule has 1 fully saturated rings. The lowest BCUT2D eigenvalue weighted by Crippen LogP contribution is -2.63. The maximum absolute atomic E-state index is 13.3. The summed E-state index contributed by atoms with van der Waals surface area (Å²) in [6, 6.07) is 14.5. The minimum atomic E-state index is -1.68. The summed E-state index contributed by atoms with van der Waals surface area (Å²) in [6.07, 6.45) is -8.32. The summed E-state index contributed by atoms with van der Waals surface area (Å²) in [7, 11) is 4.44. The van der Waals surface area contributed by atoms with E-state index in [1.165, 1.54) is 34.8 Å². The Balaban J connectivity index is 1.58. The van der Waals surface area contributed by atoms with E-state index >= 15 is 0 Å². The molecule has 0 spiro atoms. The molecule has 3 aromatic carbocycles. The van der Waals surface area contributed by atoms with Crippen LogP contribution in [0.3, 0.4) is 0 Å². The van der Waals surface area contributed by atoms with Crippen molar-refractivity contribution in [2.75, 3.05) is 18.6 Å². The number of phenolic OH excluding ortho intramolecular Hbond substituents is 1. The number of benzene rings is 3. The van der Waals surface area contributed by atoms with Crippen LogP contribution in [0, 0.1) is 12.8 Å². The summed E-state index contributed by atoms with van der Waals surface area (Å²) in [5.74, 6) is 0.486. The molecule has 9 nitrogen and oxygen atoms in total. The molecule has 5 rings (SSSR count). The highest BCUT2D eigenvalue weighted by Gasteiger charge is 2.49. The van der Waals surface area contributed by atoms with Crippen molar-refractivity contribution in [1.82, 2.24) is 0 Å². The molecule has 2 aliphatic heterocycles. The van der Waals surface area contributed by atoms with Gasteiger partial charge in [0.1, 0.15) is 41.7 Å². The Labute approximate surface area is 245 Å². The normalized spacial score (nSPS) is 29.3. The fourth-order valence-corrected chi connectivity index (χ4v) is 7.84. The number of aryl methyl sites for hydroxylation is 1. The average Bonchev–Trinajstić information content (AvgIpc) is 2.95. The maximum atomic E-state index is 13.3. The largest absolute Gasteiger partial charge is 0.506 e. The van der Waals surface area contributed by atoms with Crippen LogP contribution in [0.15, 0.2) is 48.5 Å². The van der Waals surface area contributed by atoms with Crippen LogP contribution in [-0.4, -0.2) is 86.7 Å². The Morgan fingerprint density at radius 1 is 0.976 bits per heavy atom. The van der Waals surface area contributed by atoms with Crippen molar-refractivity contribution < 1.29 is 44.5 Å². The second-order valence-electron chi connectivity index (χ2n) is 10.4. The predicted octanol–water partition coefficient (Wildman–Crippen LogP) is 3.24. The maximum Gasteiger partial charge on any atom is 0.229 e. The molecule has 4 bridgehead atoms. The third-order valence-electron chi connectivity index (χ3n) is 7.65. The molecule has 7 atom stereocenters. The number of methoxy groups -OCH3 is 1. The van der Waals surface area contributed by atoms with Crippen LogP contribution in [0.2, 0.25) is 0 Å². The minimum Gasteiger partial charge on any atom is -0.506 e. The zero-order chi connectivity index (χ0) is 29.3. The Hall–Kier alpha value is -2.51. The molecule has 41 heavy (non-hydrogen) atoms. The Kier molecular flexibility index (Phi) is 9.34. The van der Waals surface area contributed by atoms with E-state index in [2.05, 4.69) is 0 Å². The Morgan fingerprint density at radius 2 is 1.73 bits per heavy atom. The van der Waals surface area contributed by atoms with Crippen LogP contribution in [0.1, 0.15) is 27.9 Å². The number of rotatable bonds is 3. The molecule has 220 valence electrons. The number of ketones is 1. The van der Waals surface area contributed by atoms with Crippen LogP contribution in [0.4, 0.5) is 0 Å². The number of aromatic hydroxyl groups is 1. The molecule has 0 saturated carbocycles. The third kappa shape index (κ3) is 6.17. The number of aliphatic hydroxyl groups excluding tert-OH is 4. The number of aliphatic hydroxyl groups is 4. The van der Waals surface area contributed by atoms with Crippen molar-refractivity contribution in [1.29, 1.82) is 0 Å². The van der Waals surface area contributed by atoms with Gasteiger partial charge in [-0.2, -0.15) is 0 Å². The summed E-state index contributed by atoms with van der Waals surface area (Å²) >= 11 is 0. The molecule has 0 aliphatic carbocycles. The van der Waals surface area contributed by atoms with Gasteiger partial charge in [0.15, 0.2) is 5.78 Å². The summed E-state index contributed by atoms with van der Waals surface area (Å²) in [5, 5.41) is 56.1. The van der Waals surface area contributed by atoms with Gasteiger partial charge < -0.3 is 39.7 Å². The van der Waals surface area contributed by atoms with Crippen LogP contribution >= 0.6 is 21.6 Å². The lowest BCUT2D eigenvalue weighted by atomic mass is 9.86. The van der Waals surface area contributed by atoms with Gasteiger partial charge in [0, 0.05) is 29.9 Å². The minimum absolute atomic E-state index is 0.0460. The summed E-state index contributed by atoms with van der Waals surface area (Å²) in [6.45, 7) is 1.75. The van der Waals surface area contributed by atoms with E-state index < -0.39 is 42.7 Å². The van der Waals surface area contributed by atoms with Crippen LogP contribution in [0.5, 0.6) is 17.2 Å². The van der Waals surface area contributed by atoms with Gasteiger partial charge in [-0.25, -0.2) is 0 Å². The summed E-state index contributed by atoms with van der Waals surface area (Å²) in [4.78, 5) is 13.3. The molecular formula is C30H34O9S2. The van der Waals surface area contributed by atoms with Crippen molar-refractivity contribution in [2.45, 2.75) is 56.6 Å². The Bertz CT molecular complexity index is 1390. The zero-order valence-electron chi connectivity index (χ0n) is 22.7. The van der Waals surface area contributed by atoms with Crippen molar-refractivity contribution in [2.24, 2.45) is 5.92 Å². The third-order valence-corrected chi connectivity index (χ3v) is 10.2. The van der Waals surface area contributed by atoms with E-state index in [1.54, 1.807) is 19.1 Å². The van der Waals surface area contributed by atoms with Crippen molar-refractivity contribution in [3.63, 3.8) is 0 Å². The van der Waals surface area contributed by atoms with Gasteiger partial charge in [-0.1, -0.05) is 58.0 Å². The number of hydrogen-bond donors (Lipinski definition) is 5. The quantitative estimate of drug-likeness (QED) is 0.282. The van der Waals surface area contributed by atoms with Gasteiger partial charge in [0.05, 0.1) is 24.2 Å². The zero-order valence-corrected chi connectivity index (χ0v) is 24.3. The molecule has 1 saturated heterocycles. The molecule has 0 radical (unpaired) electrons. The second kappa shape index (κ2) is 12.8. The van der Waals surface area contributed by atoms with Crippen LogP contribution < -0.4 is 9.47 Å². The molecule has 2 heterocycles. The smallest absolute Gasteiger partial charge is 0.229 e. The number of carbonyl (C=O) groups is 1. The molecule has 5 N–H and O–H groups in total. The fraction of sp³-hybridized carbons (Fsp3) is 0.433. The second-order valence-corrected chi connectivity index (χ2v) is 13.0. The molecule has 0 amide bonds. The first-order valence-electron chi connectivity index (χ1n) is 13.4. The van der Waals surface area contributed by atoms with E-state index in [1.807, 2.05) is 30.3 Å². The number of hydrogen-bond acceptors (Lipinski definition) is 11. The highest BCUT2D eigenvalue weighted by molar-refractivity contribution is 8.76. The van der Waals surface area contributed by atoms with E-state index in [0.29, 0.717) is 34.6 Å². The lowest BCUT2D eigenvalue weighted by Gasteiger charge is -2.43. The first-order valence-corrected chi connectivity index (χ1v) is 15.9. The van der Waals surface area contributed by atoms with E-state index in [-0.39, 0.29) is 34.7 Å². The molecule has 7 unspecified atom stereocenters. The summed E-state index contributed by atoms with van der Waals surface area (Å²) in [5.41, 5.74) is 1.76. The van der Waals surface area contributed by atoms with E-state index in [4.69, 9.17) is 14.2 Å². The topological polar surface area (TPSA) is 146 Å². The van der Waals surface area contributed by atoms with Gasteiger partial charge in [0.2, 0.25) is 6.29 Å². The number of phenols is 1. The number of fused-ring (bicyclic) bond motifs is 3. The average molecular weight is 603 g/mol. The predicted molar refractivity (Wildman–Crippen MR) is 158 cm³/mol. The first-order chi connectivity index (χ1) is 19.7. The van der Waals surface area contributed by atoms with Gasteiger partial charge in [-0.05, 0) is 35.9 Å². The molecule has 3 aromatic rings. The van der Waals surface area contributed by atoms with Crippen molar-refractivity contribution in [3.05, 3.63) is 65.2 Å². The van der Waals surface area contributed by atoms with Crippen molar-refractivity contribution in [3.8, 4) is 17.2 Å². The van der Waals surface area contributed by atoms with E-state index in [0.717, 1.165) is 5.56 Å². The van der Waals surface area contributed by atoms with Gasteiger partial charge in [0.25, 0.3) is 0 Å². The fourth-order valence-electron chi connectivity index (χ4n) is 5.45. The lowest BCUT2D eigenvalue weighted by molar-refractivity contribution is -0.291. The van der Waals surface area contributed by atoms with E-state index in [9.17, 15) is 30.3 Å². The van der Waals surface area contributed by atoms with Crippen molar-refractivity contribution >= 4 is 38.1 Å². The Morgan fingerprint density at radius 3 is 2.46 bits per heavy atom. The number of Topliss-reactive ketones (excluding diaryl/α,β-unsaturated/α-hetero) is 1. The molecule has 2 aliphatic rings. The molecule has 11 heteroatoms. The highest BCUT2D eigenvalue weighted by atomic mass is 33.1. The number of carbonyl (C=O) groups excluding carboxylic acids is 1. The summed E-state index contributed by atoms with van der Waals surface area (Å²) < 4.78 is 17.5. The van der Waals surface area contributed by atoms with Gasteiger partial charge >= 0.3 is 0 Å². The van der Waals surface area contributed by atoms with Gasteiger partial charge in [-0.3, -0.25) is 4.79 Å². The highest BCUT2D eigenvalue weighted by Crippen LogP contribution is 2.43. The SMILES string of the molecule is COc1cc2c3c(O)c(c(C)cc3c1)C(=O)CCSSCC(Cc1ccccc1)C(O)C1OC(O2)C(O)C(O)C1O. The molecule has 0 aromatic heterocycles. The first kappa shape index (κ1) is 30.0. The van der Waals surface area contributed by atoms with Gasteiger partial charge in [-0.15, -0.1) is 0 Å². The van der Waals surface area contributed by atoms with Crippen LogP contribution in [-0.2, 0) is 11.2 Å².